The van der Waals surface area contributed by atoms with Crippen LogP contribution < -0.4 is 0 Å². The summed E-state index contributed by atoms with van der Waals surface area (Å²) in [6.07, 6.45) is 1.17. The minimum absolute atomic E-state index is 0.0421. The van der Waals surface area contributed by atoms with Crippen LogP contribution in [0.1, 0.15) is 12.0 Å². The van der Waals surface area contributed by atoms with E-state index in [1.54, 1.807) is 16.7 Å². The molecule has 2 unspecified atom stereocenters. The fraction of sp³-hybridized carbons (Fsp3) is 0.500. The van der Waals surface area contributed by atoms with E-state index < -0.39 is 11.4 Å². The van der Waals surface area contributed by atoms with Crippen molar-refractivity contribution in [3.63, 3.8) is 0 Å². The molecule has 2 aliphatic rings. The van der Waals surface area contributed by atoms with Crippen LogP contribution in [0.5, 0.6) is 0 Å². The predicted molar refractivity (Wildman–Crippen MR) is 82.9 cm³/mol. The van der Waals surface area contributed by atoms with Gasteiger partial charge in [-0.15, -0.1) is 11.8 Å². The van der Waals surface area contributed by atoms with Crippen molar-refractivity contribution < 1.29 is 19.4 Å². The van der Waals surface area contributed by atoms with Gasteiger partial charge in [0.05, 0.1) is 11.9 Å². The third kappa shape index (κ3) is 2.61. The molecule has 1 aromatic carbocycles. The van der Waals surface area contributed by atoms with Crippen LogP contribution in [0.15, 0.2) is 29.2 Å². The average Bonchev–Trinajstić information content (AvgIpc) is 3.11. The second kappa shape index (κ2) is 5.93. The summed E-state index contributed by atoms with van der Waals surface area (Å²) in [5, 5.41) is 9.34. The maximum absolute atomic E-state index is 12.7. The van der Waals surface area contributed by atoms with Crippen molar-refractivity contribution in [2.45, 2.75) is 23.0 Å². The largest absolute Gasteiger partial charge is 0.481 e. The number of amides is 1. The Balaban J connectivity index is 1.69. The van der Waals surface area contributed by atoms with Gasteiger partial charge in [0.2, 0.25) is 5.91 Å². The molecule has 22 heavy (non-hydrogen) atoms. The number of fused-ring (bicyclic) bond motifs is 1. The van der Waals surface area contributed by atoms with Gasteiger partial charge < -0.3 is 14.7 Å². The standard InChI is InChI=1S/C16H19NO4S/c1-21-10-16(15(19)20)6-7-17(9-16)14(18)13-8-11-4-2-3-5-12(11)22-13/h2-5,13H,6-10H2,1H3,(H,19,20). The van der Waals surface area contributed by atoms with Crippen LogP contribution in [-0.4, -0.2) is 53.9 Å². The molecule has 1 amide bonds. The van der Waals surface area contributed by atoms with Gasteiger partial charge in [0.15, 0.2) is 0 Å². The minimum atomic E-state index is -0.958. The molecule has 0 bridgehead atoms. The molecule has 2 aliphatic heterocycles. The number of aliphatic carboxylic acids is 1. The number of carbonyl (C=O) groups excluding carboxylic acids is 1. The number of methoxy groups -OCH3 is 1. The van der Waals surface area contributed by atoms with Gasteiger partial charge >= 0.3 is 5.97 Å². The molecule has 1 fully saturated rings. The first-order chi connectivity index (χ1) is 10.6. The van der Waals surface area contributed by atoms with Gasteiger partial charge in [-0.2, -0.15) is 0 Å². The summed E-state index contributed by atoms with van der Waals surface area (Å²) >= 11 is 1.58. The molecular weight excluding hydrogens is 302 g/mol. The zero-order valence-corrected chi connectivity index (χ0v) is 13.3. The highest BCUT2D eigenvalue weighted by atomic mass is 32.2. The lowest BCUT2D eigenvalue weighted by molar-refractivity contribution is -0.151. The predicted octanol–water partition coefficient (Wildman–Crippen LogP) is 1.65. The summed E-state index contributed by atoms with van der Waals surface area (Å²) in [7, 11) is 1.50. The van der Waals surface area contributed by atoms with Crippen molar-refractivity contribution >= 4 is 23.6 Å². The summed E-state index contributed by atoms with van der Waals surface area (Å²) in [6, 6.07) is 8.04. The first-order valence-corrected chi connectivity index (χ1v) is 8.19. The Bertz CT molecular complexity index is 581. The molecule has 118 valence electrons. The number of likely N-dealkylation sites (tertiary alicyclic amines) is 1. The molecule has 1 saturated heterocycles. The van der Waals surface area contributed by atoms with E-state index in [2.05, 4.69) is 0 Å². The van der Waals surface area contributed by atoms with E-state index in [9.17, 15) is 14.7 Å². The van der Waals surface area contributed by atoms with Crippen molar-refractivity contribution in [2.24, 2.45) is 5.41 Å². The van der Waals surface area contributed by atoms with Crippen LogP contribution in [0.4, 0.5) is 0 Å². The number of carbonyl (C=O) groups is 2. The number of carboxylic acid groups (broad SMARTS) is 1. The Labute approximate surface area is 133 Å². The Hall–Kier alpha value is -1.53. The van der Waals surface area contributed by atoms with Crippen LogP contribution >= 0.6 is 11.8 Å². The lowest BCUT2D eigenvalue weighted by Gasteiger charge is -2.25. The fourth-order valence-electron chi connectivity index (χ4n) is 3.21. The summed E-state index contributed by atoms with van der Waals surface area (Å²) in [5.74, 6) is -0.840. The van der Waals surface area contributed by atoms with Gasteiger partial charge in [-0.1, -0.05) is 18.2 Å². The lowest BCUT2D eigenvalue weighted by Crippen LogP contribution is -2.42. The molecular formula is C16H19NO4S. The number of carboxylic acids is 1. The van der Waals surface area contributed by atoms with E-state index in [1.165, 1.54) is 12.7 Å². The number of thioether (sulfide) groups is 1. The third-order valence-corrected chi connectivity index (χ3v) is 5.77. The van der Waals surface area contributed by atoms with Crippen molar-refractivity contribution in [3.05, 3.63) is 29.8 Å². The monoisotopic (exact) mass is 321 g/mol. The number of nitrogens with zero attached hydrogens (tertiary/aromatic N) is 1. The van der Waals surface area contributed by atoms with Gasteiger partial charge in [-0.25, -0.2) is 0 Å². The Kier molecular flexibility index (Phi) is 4.14. The van der Waals surface area contributed by atoms with Gasteiger partial charge in [0.25, 0.3) is 0 Å². The molecule has 6 heteroatoms. The normalized spacial score (nSPS) is 27.0. The second-order valence-electron chi connectivity index (χ2n) is 5.95. The molecule has 1 N–H and O–H groups in total. The maximum atomic E-state index is 12.7. The van der Waals surface area contributed by atoms with Crippen LogP contribution in [0.25, 0.3) is 0 Å². The average molecular weight is 321 g/mol. The highest BCUT2D eigenvalue weighted by Gasteiger charge is 2.47. The summed E-state index contributed by atoms with van der Waals surface area (Å²) in [5.41, 5.74) is 0.243. The number of hydrogen-bond acceptors (Lipinski definition) is 4. The second-order valence-corrected chi connectivity index (χ2v) is 7.19. The number of rotatable bonds is 4. The van der Waals surface area contributed by atoms with E-state index >= 15 is 0 Å². The first kappa shape index (κ1) is 15.4. The first-order valence-electron chi connectivity index (χ1n) is 7.31. The Morgan fingerprint density at radius 3 is 2.91 bits per heavy atom. The SMILES string of the molecule is COCC1(C(=O)O)CCN(C(=O)C2Cc3ccccc3S2)C1. The number of ether oxygens (including phenoxy) is 1. The fourth-order valence-corrected chi connectivity index (χ4v) is 4.49. The van der Waals surface area contributed by atoms with E-state index in [1.807, 2.05) is 24.3 Å². The molecule has 2 atom stereocenters. The molecule has 2 heterocycles. The van der Waals surface area contributed by atoms with E-state index in [0.29, 0.717) is 13.0 Å². The van der Waals surface area contributed by atoms with E-state index in [4.69, 9.17) is 4.74 Å². The molecule has 3 rings (SSSR count). The van der Waals surface area contributed by atoms with Crippen LogP contribution in [0.3, 0.4) is 0 Å². The molecule has 1 aromatic rings. The van der Waals surface area contributed by atoms with Crippen LogP contribution in [0, 0.1) is 5.41 Å². The van der Waals surface area contributed by atoms with Gasteiger partial charge in [-0.3, -0.25) is 9.59 Å². The number of hydrogen-bond donors (Lipinski definition) is 1. The topological polar surface area (TPSA) is 66.8 Å². The molecule has 0 spiro atoms. The minimum Gasteiger partial charge on any atom is -0.481 e. The van der Waals surface area contributed by atoms with Crippen molar-refractivity contribution in [1.82, 2.24) is 4.90 Å². The lowest BCUT2D eigenvalue weighted by atomic mass is 9.88. The molecule has 0 aliphatic carbocycles. The van der Waals surface area contributed by atoms with Crippen molar-refractivity contribution in [1.29, 1.82) is 0 Å². The smallest absolute Gasteiger partial charge is 0.313 e. The zero-order valence-electron chi connectivity index (χ0n) is 12.4. The number of benzene rings is 1. The highest BCUT2D eigenvalue weighted by Crippen LogP contribution is 2.39. The van der Waals surface area contributed by atoms with Crippen molar-refractivity contribution in [3.8, 4) is 0 Å². The van der Waals surface area contributed by atoms with Gasteiger partial charge in [0.1, 0.15) is 5.41 Å². The molecule has 0 saturated carbocycles. The van der Waals surface area contributed by atoms with E-state index in [-0.39, 0.29) is 24.3 Å². The van der Waals surface area contributed by atoms with Gasteiger partial charge in [0, 0.05) is 25.1 Å². The quantitative estimate of drug-likeness (QED) is 0.913. The maximum Gasteiger partial charge on any atom is 0.313 e. The summed E-state index contributed by atoms with van der Waals surface area (Å²) in [4.78, 5) is 27.1. The Morgan fingerprint density at radius 1 is 1.45 bits per heavy atom. The molecule has 0 radical (unpaired) electrons. The highest BCUT2D eigenvalue weighted by molar-refractivity contribution is 8.01. The zero-order chi connectivity index (χ0) is 15.7. The van der Waals surface area contributed by atoms with Crippen molar-refractivity contribution in [2.75, 3.05) is 26.8 Å². The molecule has 5 nitrogen and oxygen atoms in total. The van der Waals surface area contributed by atoms with Crippen LogP contribution in [0.2, 0.25) is 0 Å². The summed E-state index contributed by atoms with van der Waals surface area (Å²) < 4.78 is 5.07. The summed E-state index contributed by atoms with van der Waals surface area (Å²) in [6.45, 7) is 0.870. The van der Waals surface area contributed by atoms with Gasteiger partial charge in [-0.05, 0) is 24.5 Å². The molecule has 0 aromatic heterocycles. The Morgan fingerprint density at radius 2 is 2.23 bits per heavy atom. The van der Waals surface area contributed by atoms with E-state index in [0.717, 1.165) is 11.3 Å². The third-order valence-electron chi connectivity index (χ3n) is 4.46. The van der Waals surface area contributed by atoms with Crippen LogP contribution in [-0.2, 0) is 20.7 Å².